The van der Waals surface area contributed by atoms with Crippen LogP contribution in [0.4, 0.5) is 0 Å². The standard InChI is InChI=1S/C15H28N2/c1-2-7-14(8-3-1)15-11-16-9-10-17(15)12-13-5-4-6-13/h13-16H,1-12H2. The van der Waals surface area contributed by atoms with Gasteiger partial charge in [-0.1, -0.05) is 25.7 Å². The van der Waals surface area contributed by atoms with E-state index in [1.165, 1.54) is 77.5 Å². The third kappa shape index (κ3) is 2.85. The van der Waals surface area contributed by atoms with E-state index in [0.717, 1.165) is 17.9 Å². The van der Waals surface area contributed by atoms with Gasteiger partial charge in [-0.25, -0.2) is 0 Å². The Morgan fingerprint density at radius 1 is 0.941 bits per heavy atom. The van der Waals surface area contributed by atoms with E-state index in [0.29, 0.717) is 0 Å². The summed E-state index contributed by atoms with van der Waals surface area (Å²) in [6.07, 6.45) is 11.9. The first kappa shape index (κ1) is 12.0. The monoisotopic (exact) mass is 236 g/mol. The molecule has 2 aliphatic carbocycles. The molecule has 3 rings (SSSR count). The molecule has 0 aromatic rings. The maximum Gasteiger partial charge on any atom is 0.0249 e. The number of hydrogen-bond acceptors (Lipinski definition) is 2. The Balaban J connectivity index is 1.57. The normalized spacial score (nSPS) is 33.5. The molecule has 3 fully saturated rings. The van der Waals surface area contributed by atoms with Crippen LogP contribution in [-0.4, -0.2) is 37.1 Å². The van der Waals surface area contributed by atoms with Gasteiger partial charge in [-0.15, -0.1) is 0 Å². The molecule has 0 amide bonds. The van der Waals surface area contributed by atoms with E-state index < -0.39 is 0 Å². The van der Waals surface area contributed by atoms with Gasteiger partial charge in [0.15, 0.2) is 0 Å². The zero-order chi connectivity index (χ0) is 11.5. The molecule has 17 heavy (non-hydrogen) atoms. The quantitative estimate of drug-likeness (QED) is 0.810. The predicted octanol–water partition coefficient (Wildman–Crippen LogP) is 2.64. The van der Waals surface area contributed by atoms with Crippen molar-refractivity contribution in [1.29, 1.82) is 0 Å². The highest BCUT2D eigenvalue weighted by Gasteiger charge is 2.32. The molecule has 0 bridgehead atoms. The van der Waals surface area contributed by atoms with E-state index in [-0.39, 0.29) is 0 Å². The van der Waals surface area contributed by atoms with E-state index in [2.05, 4.69) is 10.2 Å². The molecule has 2 saturated carbocycles. The summed E-state index contributed by atoms with van der Waals surface area (Å²) in [4.78, 5) is 2.84. The lowest BCUT2D eigenvalue weighted by molar-refractivity contribution is 0.0627. The third-order valence-corrected chi connectivity index (χ3v) is 5.31. The molecule has 2 heteroatoms. The molecule has 0 aromatic carbocycles. The Morgan fingerprint density at radius 3 is 2.47 bits per heavy atom. The lowest BCUT2D eigenvalue weighted by atomic mass is 9.80. The summed E-state index contributed by atoms with van der Waals surface area (Å²) < 4.78 is 0. The van der Waals surface area contributed by atoms with Crippen LogP contribution in [0.5, 0.6) is 0 Å². The molecule has 0 aromatic heterocycles. The maximum atomic E-state index is 3.63. The molecule has 1 aliphatic heterocycles. The van der Waals surface area contributed by atoms with Crippen LogP contribution in [0, 0.1) is 11.8 Å². The second-order valence-electron chi connectivity index (χ2n) is 6.46. The molecule has 3 aliphatic rings. The highest BCUT2D eigenvalue weighted by Crippen LogP contribution is 2.32. The molecule has 1 unspecified atom stereocenters. The molecule has 0 radical (unpaired) electrons. The molecular weight excluding hydrogens is 208 g/mol. The number of hydrogen-bond donors (Lipinski definition) is 1. The van der Waals surface area contributed by atoms with Gasteiger partial charge in [-0.3, -0.25) is 4.90 Å². The van der Waals surface area contributed by atoms with Crippen LogP contribution < -0.4 is 5.32 Å². The molecule has 1 N–H and O–H groups in total. The number of piperazine rings is 1. The van der Waals surface area contributed by atoms with Gasteiger partial charge in [0.1, 0.15) is 0 Å². The number of rotatable bonds is 3. The Bertz CT molecular complexity index is 231. The minimum Gasteiger partial charge on any atom is -0.314 e. The van der Waals surface area contributed by atoms with Crippen molar-refractivity contribution in [2.45, 2.75) is 57.4 Å². The van der Waals surface area contributed by atoms with Crippen molar-refractivity contribution >= 4 is 0 Å². The minimum atomic E-state index is 0.865. The molecule has 2 nitrogen and oxygen atoms in total. The molecule has 98 valence electrons. The highest BCUT2D eigenvalue weighted by atomic mass is 15.2. The molecular formula is C15H28N2. The number of nitrogens with one attached hydrogen (secondary N) is 1. The van der Waals surface area contributed by atoms with Crippen molar-refractivity contribution in [3.8, 4) is 0 Å². The summed E-state index contributed by atoms with van der Waals surface area (Å²) in [5.74, 6) is 2.04. The average Bonchev–Trinajstić information content (AvgIpc) is 2.35. The lowest BCUT2D eigenvalue weighted by Crippen LogP contribution is -2.56. The van der Waals surface area contributed by atoms with E-state index >= 15 is 0 Å². The zero-order valence-electron chi connectivity index (χ0n) is 11.2. The van der Waals surface area contributed by atoms with Gasteiger partial charge in [0.25, 0.3) is 0 Å². The Hall–Kier alpha value is -0.0800. The summed E-state index contributed by atoms with van der Waals surface area (Å²) in [6.45, 7) is 5.19. The van der Waals surface area contributed by atoms with E-state index in [1.807, 2.05) is 0 Å². The van der Waals surface area contributed by atoms with Gasteiger partial charge in [-0.05, 0) is 37.5 Å². The first-order valence-electron chi connectivity index (χ1n) is 7.88. The average molecular weight is 236 g/mol. The Morgan fingerprint density at radius 2 is 1.76 bits per heavy atom. The predicted molar refractivity (Wildman–Crippen MR) is 72.1 cm³/mol. The van der Waals surface area contributed by atoms with Gasteiger partial charge in [0.2, 0.25) is 0 Å². The van der Waals surface area contributed by atoms with Gasteiger partial charge >= 0.3 is 0 Å². The van der Waals surface area contributed by atoms with Crippen LogP contribution >= 0.6 is 0 Å². The fraction of sp³-hybridized carbons (Fsp3) is 1.00. The van der Waals surface area contributed by atoms with E-state index in [4.69, 9.17) is 0 Å². The Kier molecular flexibility index (Phi) is 4.02. The van der Waals surface area contributed by atoms with Crippen molar-refractivity contribution in [2.75, 3.05) is 26.2 Å². The van der Waals surface area contributed by atoms with Crippen LogP contribution in [0.3, 0.4) is 0 Å². The fourth-order valence-corrected chi connectivity index (χ4v) is 3.98. The van der Waals surface area contributed by atoms with Gasteiger partial charge in [0.05, 0.1) is 0 Å². The fourth-order valence-electron chi connectivity index (χ4n) is 3.98. The topological polar surface area (TPSA) is 15.3 Å². The lowest BCUT2D eigenvalue weighted by Gasteiger charge is -2.44. The summed E-state index contributed by atoms with van der Waals surface area (Å²) in [5.41, 5.74) is 0. The van der Waals surface area contributed by atoms with Crippen molar-refractivity contribution < 1.29 is 0 Å². The SMILES string of the molecule is C1CCC(C2CNCCN2CC2CCC2)CC1. The third-order valence-electron chi connectivity index (χ3n) is 5.31. The minimum absolute atomic E-state index is 0.865. The van der Waals surface area contributed by atoms with Crippen molar-refractivity contribution in [3.05, 3.63) is 0 Å². The molecule has 1 heterocycles. The first-order chi connectivity index (χ1) is 8.43. The van der Waals surface area contributed by atoms with Crippen molar-refractivity contribution in [1.82, 2.24) is 10.2 Å². The van der Waals surface area contributed by atoms with Crippen LogP contribution in [-0.2, 0) is 0 Å². The summed E-state index contributed by atoms with van der Waals surface area (Å²) in [7, 11) is 0. The van der Waals surface area contributed by atoms with Crippen LogP contribution in [0.25, 0.3) is 0 Å². The molecule has 1 atom stereocenters. The summed E-state index contributed by atoms with van der Waals surface area (Å²) in [6, 6.07) is 0.865. The second kappa shape index (κ2) is 5.71. The van der Waals surface area contributed by atoms with Gasteiger partial charge in [0, 0.05) is 32.2 Å². The van der Waals surface area contributed by atoms with Crippen molar-refractivity contribution in [3.63, 3.8) is 0 Å². The first-order valence-corrected chi connectivity index (χ1v) is 7.88. The molecule has 1 saturated heterocycles. The van der Waals surface area contributed by atoms with Gasteiger partial charge in [-0.2, -0.15) is 0 Å². The summed E-state index contributed by atoms with van der Waals surface area (Å²) in [5, 5.41) is 3.63. The number of nitrogens with zero attached hydrogens (tertiary/aromatic N) is 1. The highest BCUT2D eigenvalue weighted by molar-refractivity contribution is 4.88. The Labute approximate surface area is 106 Å². The second-order valence-corrected chi connectivity index (χ2v) is 6.46. The summed E-state index contributed by atoms with van der Waals surface area (Å²) >= 11 is 0. The van der Waals surface area contributed by atoms with E-state index in [1.54, 1.807) is 0 Å². The molecule has 0 spiro atoms. The largest absolute Gasteiger partial charge is 0.314 e. The van der Waals surface area contributed by atoms with Crippen molar-refractivity contribution in [2.24, 2.45) is 11.8 Å². The van der Waals surface area contributed by atoms with Gasteiger partial charge < -0.3 is 5.32 Å². The van der Waals surface area contributed by atoms with Crippen LogP contribution in [0.1, 0.15) is 51.4 Å². The van der Waals surface area contributed by atoms with Crippen LogP contribution in [0.15, 0.2) is 0 Å². The van der Waals surface area contributed by atoms with Crippen LogP contribution in [0.2, 0.25) is 0 Å². The van der Waals surface area contributed by atoms with E-state index in [9.17, 15) is 0 Å². The maximum absolute atomic E-state index is 3.63. The zero-order valence-corrected chi connectivity index (χ0v) is 11.2. The smallest absolute Gasteiger partial charge is 0.0249 e.